The zero-order chi connectivity index (χ0) is 19.4. The summed E-state index contributed by atoms with van der Waals surface area (Å²) in [5, 5.41) is 15.2. The minimum Gasteiger partial charge on any atom is -0.486 e. The minimum atomic E-state index is -0.824. The van der Waals surface area contributed by atoms with Crippen molar-refractivity contribution in [3.63, 3.8) is 0 Å². The Morgan fingerprint density at radius 2 is 1.89 bits per heavy atom. The van der Waals surface area contributed by atoms with E-state index in [4.69, 9.17) is 9.47 Å². The summed E-state index contributed by atoms with van der Waals surface area (Å²) in [6.45, 7) is 0.278. The van der Waals surface area contributed by atoms with Crippen LogP contribution < -0.4 is 25.7 Å². The number of pyridine rings is 1. The summed E-state index contributed by atoms with van der Waals surface area (Å²) in [6, 6.07) is 5.92. The summed E-state index contributed by atoms with van der Waals surface area (Å²) in [7, 11) is 0. The van der Waals surface area contributed by atoms with Crippen LogP contribution in [0, 0.1) is 10.1 Å². The second kappa shape index (κ2) is 7.56. The number of nitrogens with zero attached hydrogens (tertiary/aromatic N) is 2. The van der Waals surface area contributed by atoms with Gasteiger partial charge in [-0.15, -0.1) is 0 Å². The highest BCUT2D eigenvalue weighted by molar-refractivity contribution is 6.01. The number of hydrogen-bond acceptors (Lipinski definition) is 7. The first-order valence-electron chi connectivity index (χ1n) is 7.78. The fourth-order valence-electron chi connectivity index (χ4n) is 2.35. The van der Waals surface area contributed by atoms with Crippen LogP contribution in [0.5, 0.6) is 11.5 Å². The first-order chi connectivity index (χ1) is 12.9. The number of urea groups is 1. The number of anilines is 1. The van der Waals surface area contributed by atoms with Crippen LogP contribution in [0.15, 0.2) is 41.3 Å². The van der Waals surface area contributed by atoms with Gasteiger partial charge in [-0.1, -0.05) is 0 Å². The summed E-state index contributed by atoms with van der Waals surface area (Å²) in [4.78, 5) is 45.6. The number of fused-ring (bicyclic) bond motifs is 1. The number of imide groups is 1. The molecule has 3 rings (SSSR count). The third-order valence-corrected chi connectivity index (χ3v) is 3.55. The maximum atomic E-state index is 11.9. The summed E-state index contributed by atoms with van der Waals surface area (Å²) in [5.41, 5.74) is -0.580. The molecule has 1 aliphatic rings. The van der Waals surface area contributed by atoms with Crippen molar-refractivity contribution in [1.29, 1.82) is 0 Å². The zero-order valence-electron chi connectivity index (χ0n) is 13.8. The first kappa shape index (κ1) is 17.9. The molecular weight excluding hydrogens is 360 g/mol. The van der Waals surface area contributed by atoms with E-state index < -0.39 is 29.0 Å². The number of amides is 3. The number of nitro groups is 1. The van der Waals surface area contributed by atoms with Crippen LogP contribution in [0.25, 0.3) is 0 Å². The number of benzene rings is 1. The zero-order valence-corrected chi connectivity index (χ0v) is 13.8. The number of rotatable bonds is 4. The smallest absolute Gasteiger partial charge is 0.325 e. The van der Waals surface area contributed by atoms with Gasteiger partial charge in [0.05, 0.1) is 11.1 Å². The molecule has 0 bridgehead atoms. The van der Waals surface area contributed by atoms with Gasteiger partial charge in [0.25, 0.3) is 11.2 Å². The molecule has 2 heterocycles. The topological polar surface area (TPSA) is 142 Å². The number of nitrogens with one attached hydrogen (secondary N) is 2. The first-order valence-corrected chi connectivity index (χ1v) is 7.78. The third-order valence-electron chi connectivity index (χ3n) is 3.55. The molecular formula is C16H14N4O7. The Morgan fingerprint density at radius 3 is 2.63 bits per heavy atom. The molecule has 1 aliphatic heterocycles. The lowest BCUT2D eigenvalue weighted by Crippen LogP contribution is -2.38. The van der Waals surface area contributed by atoms with Gasteiger partial charge in [-0.25, -0.2) is 4.79 Å². The molecule has 11 nitrogen and oxygen atoms in total. The lowest BCUT2D eigenvalue weighted by atomic mass is 10.2. The number of aromatic nitrogens is 1. The van der Waals surface area contributed by atoms with E-state index in [0.29, 0.717) is 30.4 Å². The summed E-state index contributed by atoms with van der Waals surface area (Å²) in [6.07, 6.45) is 0.931. The van der Waals surface area contributed by atoms with Crippen molar-refractivity contribution in [2.75, 3.05) is 18.5 Å². The highest BCUT2D eigenvalue weighted by Crippen LogP contribution is 2.32. The van der Waals surface area contributed by atoms with Crippen LogP contribution in [-0.2, 0) is 11.3 Å². The molecule has 0 radical (unpaired) electrons. The maximum absolute atomic E-state index is 11.9. The van der Waals surface area contributed by atoms with Crippen LogP contribution in [0.2, 0.25) is 0 Å². The summed E-state index contributed by atoms with van der Waals surface area (Å²) in [5.74, 6) is 0.203. The highest BCUT2D eigenvalue weighted by Gasteiger charge is 2.15. The molecule has 1 aromatic heterocycles. The Balaban J connectivity index is 1.61. The Bertz CT molecular complexity index is 969. The van der Waals surface area contributed by atoms with Crippen molar-refractivity contribution >= 4 is 23.3 Å². The van der Waals surface area contributed by atoms with Crippen molar-refractivity contribution in [2.45, 2.75) is 6.54 Å². The average molecular weight is 374 g/mol. The SMILES string of the molecule is O=C(Cn1cc([N+](=O)[O-])ccc1=O)NC(=O)Nc1ccc2c(c1)OCCO2. The quantitative estimate of drug-likeness (QED) is 0.597. The van der Waals surface area contributed by atoms with E-state index in [1.807, 2.05) is 5.32 Å². The molecule has 2 N–H and O–H groups in total. The second-order valence-corrected chi connectivity index (χ2v) is 5.47. The van der Waals surface area contributed by atoms with Crippen molar-refractivity contribution in [1.82, 2.24) is 9.88 Å². The Morgan fingerprint density at radius 1 is 1.15 bits per heavy atom. The van der Waals surface area contributed by atoms with Gasteiger partial charge in [-0.2, -0.15) is 0 Å². The Kier molecular flexibility index (Phi) is 5.01. The van der Waals surface area contributed by atoms with E-state index in [-0.39, 0.29) is 5.69 Å². The van der Waals surface area contributed by atoms with E-state index in [1.54, 1.807) is 18.2 Å². The molecule has 27 heavy (non-hydrogen) atoms. The summed E-state index contributed by atoms with van der Waals surface area (Å²) >= 11 is 0. The lowest BCUT2D eigenvalue weighted by molar-refractivity contribution is -0.385. The molecule has 1 aromatic carbocycles. The van der Waals surface area contributed by atoms with Gasteiger partial charge in [0.1, 0.15) is 19.8 Å². The molecule has 0 saturated carbocycles. The molecule has 0 atom stereocenters. The Labute approximate surface area is 151 Å². The third kappa shape index (κ3) is 4.39. The van der Waals surface area contributed by atoms with E-state index >= 15 is 0 Å². The van der Waals surface area contributed by atoms with Gasteiger partial charge in [-0.3, -0.25) is 29.6 Å². The monoisotopic (exact) mass is 374 g/mol. The molecule has 0 fully saturated rings. The van der Waals surface area contributed by atoms with Crippen LogP contribution in [0.1, 0.15) is 0 Å². The van der Waals surface area contributed by atoms with Crippen LogP contribution >= 0.6 is 0 Å². The van der Waals surface area contributed by atoms with Crippen molar-refractivity contribution in [3.8, 4) is 11.5 Å². The Hall–Kier alpha value is -3.89. The molecule has 0 saturated heterocycles. The minimum absolute atomic E-state index is 0.344. The van der Waals surface area contributed by atoms with Gasteiger partial charge >= 0.3 is 6.03 Å². The second-order valence-electron chi connectivity index (χ2n) is 5.47. The van der Waals surface area contributed by atoms with Crippen molar-refractivity contribution in [3.05, 3.63) is 57.0 Å². The number of ether oxygens (including phenoxy) is 2. The van der Waals surface area contributed by atoms with Gasteiger partial charge in [0.2, 0.25) is 5.91 Å². The number of hydrogen-bond donors (Lipinski definition) is 2. The van der Waals surface area contributed by atoms with E-state index in [2.05, 4.69) is 5.32 Å². The molecule has 11 heteroatoms. The molecule has 0 spiro atoms. The summed E-state index contributed by atoms with van der Waals surface area (Å²) < 4.78 is 11.6. The molecule has 0 unspecified atom stereocenters. The van der Waals surface area contributed by atoms with E-state index in [9.17, 15) is 24.5 Å². The standard InChI is InChI=1S/C16H14N4O7/c21-14(9-19-8-11(20(24)25)2-4-15(19)22)18-16(23)17-10-1-3-12-13(7-10)27-6-5-26-12/h1-4,7-8H,5-6,9H2,(H2,17,18,21,23). The predicted molar refractivity (Wildman–Crippen MR) is 91.9 cm³/mol. The van der Waals surface area contributed by atoms with E-state index in [1.165, 1.54) is 0 Å². The lowest BCUT2D eigenvalue weighted by Gasteiger charge is -2.19. The number of carbonyl (C=O) groups excluding carboxylic acids is 2. The van der Waals surface area contributed by atoms with Crippen molar-refractivity contribution < 1.29 is 24.0 Å². The van der Waals surface area contributed by atoms with Crippen LogP contribution in [-0.4, -0.2) is 34.6 Å². The fourth-order valence-corrected chi connectivity index (χ4v) is 2.35. The van der Waals surface area contributed by atoms with Gasteiger partial charge in [0, 0.05) is 23.9 Å². The van der Waals surface area contributed by atoms with E-state index in [0.717, 1.165) is 22.9 Å². The van der Waals surface area contributed by atoms with Gasteiger partial charge < -0.3 is 14.8 Å². The largest absolute Gasteiger partial charge is 0.486 e. The average Bonchev–Trinajstić information content (AvgIpc) is 2.63. The van der Waals surface area contributed by atoms with Gasteiger partial charge in [-0.05, 0) is 12.1 Å². The maximum Gasteiger partial charge on any atom is 0.325 e. The molecule has 3 amide bonds. The normalized spacial score (nSPS) is 12.1. The van der Waals surface area contributed by atoms with Crippen LogP contribution in [0.4, 0.5) is 16.2 Å². The predicted octanol–water partition coefficient (Wildman–Crippen LogP) is 0.876. The van der Waals surface area contributed by atoms with Gasteiger partial charge in [0.15, 0.2) is 11.5 Å². The highest BCUT2D eigenvalue weighted by atomic mass is 16.6. The molecule has 2 aromatic rings. The number of carbonyl (C=O) groups is 2. The molecule has 0 aliphatic carbocycles. The molecule has 140 valence electrons. The fraction of sp³-hybridized carbons (Fsp3) is 0.188. The van der Waals surface area contributed by atoms with Crippen molar-refractivity contribution in [2.24, 2.45) is 0 Å². The van der Waals surface area contributed by atoms with Crippen LogP contribution in [0.3, 0.4) is 0 Å².